The molecule has 0 fully saturated rings. The molecule has 0 aliphatic heterocycles. The van der Waals surface area contributed by atoms with E-state index in [9.17, 15) is 0 Å². The normalized spacial score (nSPS) is 10.6. The Bertz CT molecular complexity index is 726. The maximum Gasteiger partial charge on any atom is 0.188 e. The number of methoxy groups -OCH3 is 1. The largest absolute Gasteiger partial charge is 0.495 e. The number of nitrogens with zero attached hydrogens (tertiary/aromatic N) is 1. The number of fused-ring (bicyclic) bond motifs is 1. The molecule has 0 saturated carbocycles. The van der Waals surface area contributed by atoms with Crippen molar-refractivity contribution in [3.63, 3.8) is 0 Å². The van der Waals surface area contributed by atoms with E-state index in [2.05, 4.69) is 32.3 Å². The number of ether oxygens (including phenoxy) is 1. The number of anilines is 2. The van der Waals surface area contributed by atoms with Gasteiger partial charge in [-0.05, 0) is 30.3 Å². The molecule has 1 N–H and O–H groups in total. The Hall–Kier alpha value is -1.59. The zero-order valence-corrected chi connectivity index (χ0v) is 12.6. The summed E-state index contributed by atoms with van der Waals surface area (Å²) in [6.07, 6.45) is 0. The number of hydrogen-bond donors (Lipinski definition) is 1. The van der Waals surface area contributed by atoms with E-state index in [1.165, 1.54) is 0 Å². The van der Waals surface area contributed by atoms with E-state index in [1.54, 1.807) is 18.4 Å². The molecule has 0 amide bonds. The van der Waals surface area contributed by atoms with Crippen molar-refractivity contribution in [3.05, 3.63) is 46.9 Å². The second-order valence-corrected chi connectivity index (χ2v) is 5.90. The van der Waals surface area contributed by atoms with E-state index in [4.69, 9.17) is 4.74 Å². The van der Waals surface area contributed by atoms with Crippen LogP contribution in [0.15, 0.2) is 46.9 Å². The standard InChI is InChI=1S/C14H11BrN2OS/c1-18-12-5-3-2-4-10(12)16-14-17-11-7-6-9(15)8-13(11)19-14/h2-8H,1H3,(H,16,17). The zero-order valence-electron chi connectivity index (χ0n) is 10.2. The fraction of sp³-hybridized carbons (Fsp3) is 0.0714. The summed E-state index contributed by atoms with van der Waals surface area (Å²) in [6, 6.07) is 13.9. The average molecular weight is 335 g/mol. The van der Waals surface area contributed by atoms with Crippen molar-refractivity contribution < 1.29 is 4.74 Å². The summed E-state index contributed by atoms with van der Waals surface area (Å²) >= 11 is 5.09. The number of halogens is 1. The highest BCUT2D eigenvalue weighted by molar-refractivity contribution is 9.10. The molecule has 0 bridgehead atoms. The maximum absolute atomic E-state index is 5.32. The Morgan fingerprint density at radius 1 is 1.21 bits per heavy atom. The maximum atomic E-state index is 5.32. The van der Waals surface area contributed by atoms with Crippen molar-refractivity contribution in [1.82, 2.24) is 4.98 Å². The number of para-hydroxylation sites is 2. The molecule has 0 aliphatic carbocycles. The lowest BCUT2D eigenvalue weighted by Crippen LogP contribution is -1.93. The minimum absolute atomic E-state index is 0.808. The van der Waals surface area contributed by atoms with Crippen LogP contribution in [0.4, 0.5) is 10.8 Å². The van der Waals surface area contributed by atoms with Gasteiger partial charge in [-0.3, -0.25) is 0 Å². The molecule has 0 atom stereocenters. The third-order valence-electron chi connectivity index (χ3n) is 2.70. The van der Waals surface area contributed by atoms with E-state index < -0.39 is 0 Å². The minimum Gasteiger partial charge on any atom is -0.495 e. The van der Waals surface area contributed by atoms with Crippen LogP contribution >= 0.6 is 27.3 Å². The summed E-state index contributed by atoms with van der Waals surface area (Å²) < 4.78 is 7.53. The number of aromatic nitrogens is 1. The SMILES string of the molecule is COc1ccccc1Nc1nc2ccc(Br)cc2s1. The van der Waals surface area contributed by atoms with Gasteiger partial charge in [0, 0.05) is 4.47 Å². The predicted molar refractivity (Wildman–Crippen MR) is 83.6 cm³/mol. The molecule has 0 aliphatic rings. The Labute approximate surface area is 123 Å². The molecule has 5 heteroatoms. The number of hydrogen-bond acceptors (Lipinski definition) is 4. The van der Waals surface area contributed by atoms with Gasteiger partial charge in [-0.15, -0.1) is 0 Å². The van der Waals surface area contributed by atoms with Gasteiger partial charge in [-0.2, -0.15) is 0 Å². The molecule has 0 unspecified atom stereocenters. The summed E-state index contributed by atoms with van der Waals surface area (Å²) in [5, 5.41) is 4.16. The van der Waals surface area contributed by atoms with Crippen LogP contribution in [0.25, 0.3) is 10.2 Å². The van der Waals surface area contributed by atoms with Crippen molar-refractivity contribution >= 4 is 48.3 Å². The molecule has 2 aromatic carbocycles. The third-order valence-corrected chi connectivity index (χ3v) is 4.13. The summed E-state index contributed by atoms with van der Waals surface area (Å²) in [5.41, 5.74) is 1.91. The fourth-order valence-corrected chi connectivity index (χ4v) is 3.25. The summed E-state index contributed by atoms with van der Waals surface area (Å²) in [4.78, 5) is 4.56. The van der Waals surface area contributed by atoms with Crippen LogP contribution in [-0.2, 0) is 0 Å². The van der Waals surface area contributed by atoms with Crippen molar-refractivity contribution in [2.45, 2.75) is 0 Å². The fourth-order valence-electron chi connectivity index (χ4n) is 1.82. The van der Waals surface area contributed by atoms with Crippen molar-refractivity contribution in [2.24, 2.45) is 0 Å². The van der Waals surface area contributed by atoms with Gasteiger partial charge < -0.3 is 10.1 Å². The molecule has 0 saturated heterocycles. The first-order valence-corrected chi connectivity index (χ1v) is 7.33. The van der Waals surface area contributed by atoms with Crippen molar-refractivity contribution in [1.29, 1.82) is 0 Å². The first-order valence-electron chi connectivity index (χ1n) is 5.72. The van der Waals surface area contributed by atoms with Gasteiger partial charge in [0.15, 0.2) is 5.13 Å². The average Bonchev–Trinajstić information content (AvgIpc) is 2.80. The van der Waals surface area contributed by atoms with Gasteiger partial charge in [0.2, 0.25) is 0 Å². The molecule has 3 aromatic rings. The number of nitrogens with one attached hydrogen (secondary N) is 1. The highest BCUT2D eigenvalue weighted by Crippen LogP contribution is 2.33. The first kappa shape index (κ1) is 12.4. The van der Waals surface area contributed by atoms with Gasteiger partial charge in [0.05, 0.1) is 23.0 Å². The molecule has 3 nitrogen and oxygen atoms in total. The molecule has 0 radical (unpaired) electrons. The molecule has 1 heterocycles. The lowest BCUT2D eigenvalue weighted by Gasteiger charge is -2.07. The van der Waals surface area contributed by atoms with Crippen LogP contribution in [0, 0.1) is 0 Å². The Morgan fingerprint density at radius 2 is 2.05 bits per heavy atom. The Balaban J connectivity index is 1.96. The minimum atomic E-state index is 0.808. The molecule has 1 aromatic heterocycles. The quantitative estimate of drug-likeness (QED) is 0.746. The molecule has 19 heavy (non-hydrogen) atoms. The van der Waals surface area contributed by atoms with E-state index in [-0.39, 0.29) is 0 Å². The first-order chi connectivity index (χ1) is 9.26. The van der Waals surface area contributed by atoms with E-state index in [0.717, 1.165) is 31.3 Å². The summed E-state index contributed by atoms with van der Waals surface area (Å²) in [7, 11) is 1.66. The topological polar surface area (TPSA) is 34.1 Å². The molecular formula is C14H11BrN2OS. The van der Waals surface area contributed by atoms with E-state index >= 15 is 0 Å². The van der Waals surface area contributed by atoms with Crippen LogP contribution < -0.4 is 10.1 Å². The lowest BCUT2D eigenvalue weighted by molar-refractivity contribution is 0.417. The highest BCUT2D eigenvalue weighted by Gasteiger charge is 2.07. The predicted octanol–water partition coefficient (Wildman–Crippen LogP) is 4.81. The highest BCUT2D eigenvalue weighted by atomic mass is 79.9. The van der Waals surface area contributed by atoms with Crippen LogP contribution in [0.1, 0.15) is 0 Å². The monoisotopic (exact) mass is 334 g/mol. The summed E-state index contributed by atoms with van der Waals surface area (Å²) in [5.74, 6) is 0.808. The van der Waals surface area contributed by atoms with Crippen molar-refractivity contribution in [2.75, 3.05) is 12.4 Å². The second-order valence-electron chi connectivity index (χ2n) is 3.96. The third kappa shape index (κ3) is 2.57. The van der Waals surface area contributed by atoms with Crippen LogP contribution in [0.3, 0.4) is 0 Å². The Kier molecular flexibility index (Phi) is 3.40. The van der Waals surface area contributed by atoms with Gasteiger partial charge in [-0.1, -0.05) is 39.4 Å². The number of thiazole rings is 1. The van der Waals surface area contributed by atoms with Gasteiger partial charge >= 0.3 is 0 Å². The summed E-state index contributed by atoms with van der Waals surface area (Å²) in [6.45, 7) is 0. The number of benzene rings is 2. The smallest absolute Gasteiger partial charge is 0.188 e. The van der Waals surface area contributed by atoms with Gasteiger partial charge in [-0.25, -0.2) is 4.98 Å². The molecular weight excluding hydrogens is 324 g/mol. The Morgan fingerprint density at radius 3 is 2.89 bits per heavy atom. The van der Waals surface area contributed by atoms with E-state index in [0.29, 0.717) is 0 Å². The van der Waals surface area contributed by atoms with Gasteiger partial charge in [0.25, 0.3) is 0 Å². The van der Waals surface area contributed by atoms with Crippen molar-refractivity contribution in [3.8, 4) is 5.75 Å². The molecule has 0 spiro atoms. The lowest BCUT2D eigenvalue weighted by atomic mass is 10.3. The van der Waals surface area contributed by atoms with E-state index in [1.807, 2.05) is 36.4 Å². The second kappa shape index (κ2) is 5.19. The zero-order chi connectivity index (χ0) is 13.2. The van der Waals surface area contributed by atoms with Gasteiger partial charge in [0.1, 0.15) is 5.75 Å². The van der Waals surface area contributed by atoms with Crippen LogP contribution in [0.5, 0.6) is 5.75 Å². The number of rotatable bonds is 3. The molecule has 96 valence electrons. The molecule has 3 rings (SSSR count). The van der Waals surface area contributed by atoms with Crippen LogP contribution in [-0.4, -0.2) is 12.1 Å². The van der Waals surface area contributed by atoms with Crippen LogP contribution in [0.2, 0.25) is 0 Å².